The van der Waals surface area contributed by atoms with Crippen LogP contribution in [0.15, 0.2) is 18.2 Å². The molecule has 1 fully saturated rings. The lowest BCUT2D eigenvalue weighted by atomic mass is 9.94. The maximum atomic E-state index is 5.79. The molecule has 0 amide bonds. The zero-order valence-electron chi connectivity index (χ0n) is 10.4. The zero-order chi connectivity index (χ0) is 11.5. The van der Waals surface area contributed by atoms with E-state index in [4.69, 9.17) is 4.74 Å². The van der Waals surface area contributed by atoms with Gasteiger partial charge in [-0.1, -0.05) is 23.8 Å². The Hall–Kier alpha value is -0.860. The number of ether oxygens (including phenoxy) is 1. The zero-order valence-corrected chi connectivity index (χ0v) is 10.4. The Balaban J connectivity index is 2.28. The number of hydrogen-bond donors (Lipinski definition) is 1. The van der Waals surface area contributed by atoms with Crippen molar-refractivity contribution in [2.45, 2.75) is 38.8 Å². The van der Waals surface area contributed by atoms with E-state index >= 15 is 0 Å². The minimum absolute atomic E-state index is 0.336. The monoisotopic (exact) mass is 219 g/mol. The highest BCUT2D eigenvalue weighted by Crippen LogP contribution is 2.29. The fourth-order valence-corrected chi connectivity index (χ4v) is 2.50. The Labute approximate surface area is 98.0 Å². The smallest absolute Gasteiger partial charge is 0.0770 e. The summed E-state index contributed by atoms with van der Waals surface area (Å²) in [4.78, 5) is 0. The molecule has 1 N–H and O–H groups in total. The third-order valence-electron chi connectivity index (χ3n) is 3.42. The minimum atomic E-state index is 0.336. The molecule has 0 radical (unpaired) electrons. The molecule has 2 unspecified atom stereocenters. The van der Waals surface area contributed by atoms with Gasteiger partial charge in [0.25, 0.3) is 0 Å². The van der Waals surface area contributed by atoms with Crippen molar-refractivity contribution in [1.82, 2.24) is 5.32 Å². The standard InChI is InChI=1S/C14H21NO/c1-10-6-7-11(2)12(9-10)14(15-3)13-5-4-8-16-13/h6-7,9,13-15H,4-5,8H2,1-3H3. The van der Waals surface area contributed by atoms with E-state index in [9.17, 15) is 0 Å². The molecule has 2 rings (SSSR count). The topological polar surface area (TPSA) is 21.3 Å². The van der Waals surface area contributed by atoms with Crippen molar-refractivity contribution < 1.29 is 4.74 Å². The van der Waals surface area contributed by atoms with Crippen LogP contribution in [0.3, 0.4) is 0 Å². The third kappa shape index (κ3) is 2.28. The van der Waals surface area contributed by atoms with E-state index in [2.05, 4.69) is 37.4 Å². The summed E-state index contributed by atoms with van der Waals surface area (Å²) < 4.78 is 5.79. The van der Waals surface area contributed by atoms with Crippen molar-refractivity contribution >= 4 is 0 Å². The van der Waals surface area contributed by atoms with Gasteiger partial charge in [-0.3, -0.25) is 0 Å². The molecular formula is C14H21NO. The molecule has 2 heteroatoms. The first kappa shape index (κ1) is 11.6. The molecular weight excluding hydrogens is 198 g/mol. The number of benzene rings is 1. The molecule has 1 heterocycles. The van der Waals surface area contributed by atoms with E-state index in [1.54, 1.807) is 0 Å². The number of rotatable bonds is 3. The Morgan fingerprint density at radius 3 is 2.81 bits per heavy atom. The SMILES string of the molecule is CNC(c1cc(C)ccc1C)C1CCCO1. The van der Waals surface area contributed by atoms with Gasteiger partial charge in [0.05, 0.1) is 12.1 Å². The lowest BCUT2D eigenvalue weighted by molar-refractivity contribution is 0.0805. The van der Waals surface area contributed by atoms with Crippen LogP contribution >= 0.6 is 0 Å². The quantitative estimate of drug-likeness (QED) is 0.844. The third-order valence-corrected chi connectivity index (χ3v) is 3.42. The molecule has 0 saturated carbocycles. The van der Waals surface area contributed by atoms with Crippen LogP contribution in [0.25, 0.3) is 0 Å². The van der Waals surface area contributed by atoms with Crippen molar-refractivity contribution in [3.8, 4) is 0 Å². The maximum absolute atomic E-state index is 5.79. The Morgan fingerprint density at radius 2 is 2.19 bits per heavy atom. The fourth-order valence-electron chi connectivity index (χ4n) is 2.50. The van der Waals surface area contributed by atoms with Crippen LogP contribution in [0, 0.1) is 13.8 Å². The molecule has 1 aromatic carbocycles. The van der Waals surface area contributed by atoms with Gasteiger partial charge in [0.15, 0.2) is 0 Å². The molecule has 2 nitrogen and oxygen atoms in total. The van der Waals surface area contributed by atoms with Crippen LogP contribution in [0.4, 0.5) is 0 Å². The van der Waals surface area contributed by atoms with E-state index in [0.29, 0.717) is 12.1 Å². The molecule has 0 aromatic heterocycles. The normalized spacial score (nSPS) is 22.3. The summed E-state index contributed by atoms with van der Waals surface area (Å²) in [5, 5.41) is 3.40. The number of hydrogen-bond acceptors (Lipinski definition) is 2. The van der Waals surface area contributed by atoms with Gasteiger partial charge >= 0.3 is 0 Å². The summed E-state index contributed by atoms with van der Waals surface area (Å²) in [5.41, 5.74) is 4.05. The highest BCUT2D eigenvalue weighted by Gasteiger charge is 2.26. The van der Waals surface area contributed by atoms with Crippen molar-refractivity contribution in [1.29, 1.82) is 0 Å². The maximum Gasteiger partial charge on any atom is 0.0770 e. The van der Waals surface area contributed by atoms with Crippen molar-refractivity contribution in [2.24, 2.45) is 0 Å². The number of likely N-dealkylation sites (N-methyl/N-ethyl adjacent to an activating group) is 1. The molecule has 1 aliphatic rings. The first-order chi connectivity index (χ1) is 7.72. The van der Waals surface area contributed by atoms with Gasteiger partial charge < -0.3 is 10.1 Å². The molecule has 0 spiro atoms. The summed E-state index contributed by atoms with van der Waals surface area (Å²) in [7, 11) is 2.02. The van der Waals surface area contributed by atoms with Crippen LogP contribution < -0.4 is 5.32 Å². The van der Waals surface area contributed by atoms with E-state index in [1.807, 2.05) is 7.05 Å². The van der Waals surface area contributed by atoms with Gasteiger partial charge in [0.2, 0.25) is 0 Å². The Morgan fingerprint density at radius 1 is 1.38 bits per heavy atom. The van der Waals surface area contributed by atoms with Crippen molar-refractivity contribution in [3.63, 3.8) is 0 Å². The number of nitrogens with one attached hydrogen (secondary N) is 1. The molecule has 0 aliphatic carbocycles. The molecule has 2 atom stereocenters. The lowest BCUT2D eigenvalue weighted by Crippen LogP contribution is -2.29. The molecule has 1 aliphatic heterocycles. The van der Waals surface area contributed by atoms with E-state index in [1.165, 1.54) is 29.5 Å². The highest BCUT2D eigenvalue weighted by molar-refractivity contribution is 5.33. The van der Waals surface area contributed by atoms with Crippen LogP contribution in [0.1, 0.15) is 35.6 Å². The average Bonchev–Trinajstić information content (AvgIpc) is 2.78. The summed E-state index contributed by atoms with van der Waals surface area (Å²) in [6, 6.07) is 6.98. The van der Waals surface area contributed by atoms with Crippen LogP contribution in [-0.2, 0) is 4.74 Å². The first-order valence-electron chi connectivity index (χ1n) is 6.08. The van der Waals surface area contributed by atoms with Crippen LogP contribution in [-0.4, -0.2) is 19.8 Å². The van der Waals surface area contributed by atoms with Gasteiger partial charge in [-0.15, -0.1) is 0 Å². The summed E-state index contributed by atoms with van der Waals surface area (Å²) in [5.74, 6) is 0. The highest BCUT2D eigenvalue weighted by atomic mass is 16.5. The van der Waals surface area contributed by atoms with Crippen LogP contribution in [0.2, 0.25) is 0 Å². The van der Waals surface area contributed by atoms with Crippen molar-refractivity contribution in [3.05, 3.63) is 34.9 Å². The summed E-state index contributed by atoms with van der Waals surface area (Å²) in [6.07, 6.45) is 2.69. The molecule has 1 saturated heterocycles. The second-order valence-corrected chi connectivity index (χ2v) is 4.68. The predicted octanol–water partition coefficient (Wildman–Crippen LogP) is 2.74. The average molecular weight is 219 g/mol. The predicted molar refractivity (Wildman–Crippen MR) is 66.7 cm³/mol. The molecule has 0 bridgehead atoms. The Kier molecular flexibility index (Phi) is 3.62. The second kappa shape index (κ2) is 4.98. The van der Waals surface area contributed by atoms with E-state index in [-0.39, 0.29) is 0 Å². The van der Waals surface area contributed by atoms with E-state index < -0.39 is 0 Å². The number of aryl methyl sites for hydroxylation is 2. The van der Waals surface area contributed by atoms with Gasteiger partial charge in [-0.2, -0.15) is 0 Å². The van der Waals surface area contributed by atoms with Gasteiger partial charge in [-0.25, -0.2) is 0 Å². The summed E-state index contributed by atoms with van der Waals surface area (Å²) in [6.45, 7) is 5.23. The van der Waals surface area contributed by atoms with Gasteiger partial charge in [0, 0.05) is 6.61 Å². The van der Waals surface area contributed by atoms with E-state index in [0.717, 1.165) is 6.61 Å². The van der Waals surface area contributed by atoms with Gasteiger partial charge in [0.1, 0.15) is 0 Å². The molecule has 16 heavy (non-hydrogen) atoms. The van der Waals surface area contributed by atoms with Crippen molar-refractivity contribution in [2.75, 3.05) is 13.7 Å². The largest absolute Gasteiger partial charge is 0.376 e. The first-order valence-corrected chi connectivity index (χ1v) is 6.08. The summed E-state index contributed by atoms with van der Waals surface area (Å²) >= 11 is 0. The van der Waals surface area contributed by atoms with Crippen LogP contribution in [0.5, 0.6) is 0 Å². The van der Waals surface area contributed by atoms with Gasteiger partial charge in [-0.05, 0) is 44.9 Å². The molecule has 88 valence electrons. The Bertz CT molecular complexity index is 356. The molecule has 1 aromatic rings. The second-order valence-electron chi connectivity index (χ2n) is 4.68. The fraction of sp³-hybridized carbons (Fsp3) is 0.571. The minimum Gasteiger partial charge on any atom is -0.376 e. The lowest BCUT2D eigenvalue weighted by Gasteiger charge is -2.24.